The van der Waals surface area contributed by atoms with Gasteiger partial charge in [0.05, 0.1) is 5.69 Å². The zero-order chi connectivity index (χ0) is 10.8. The highest BCUT2D eigenvalue weighted by Gasteiger charge is 2.16. The van der Waals surface area contributed by atoms with E-state index in [-0.39, 0.29) is 11.5 Å². The summed E-state index contributed by atoms with van der Waals surface area (Å²) in [6.45, 7) is 4.88. The van der Waals surface area contributed by atoms with Gasteiger partial charge in [-0.2, -0.15) is 0 Å². The van der Waals surface area contributed by atoms with Gasteiger partial charge in [0.25, 0.3) is 0 Å². The molecule has 4 heteroatoms. The second-order valence-electron chi connectivity index (χ2n) is 4.01. The third kappa shape index (κ3) is 2.21. The minimum atomic E-state index is -0.335. The van der Waals surface area contributed by atoms with Crippen LogP contribution in [0.3, 0.4) is 0 Å². The third-order valence-electron chi connectivity index (χ3n) is 2.72. The van der Waals surface area contributed by atoms with Crippen LogP contribution in [0, 0.1) is 5.82 Å². The lowest BCUT2D eigenvalue weighted by molar-refractivity contribution is 0.484. The molecule has 82 valence electrons. The van der Waals surface area contributed by atoms with Gasteiger partial charge in [0.15, 0.2) is 0 Å². The van der Waals surface area contributed by atoms with Crippen molar-refractivity contribution >= 4 is 11.4 Å². The Hall–Kier alpha value is -1.29. The van der Waals surface area contributed by atoms with Crippen LogP contribution in [0.25, 0.3) is 0 Å². The number of nitrogens with two attached hydrogens (primary N) is 1. The number of benzene rings is 1. The molecule has 1 atom stereocenters. The quantitative estimate of drug-likeness (QED) is 0.683. The van der Waals surface area contributed by atoms with Gasteiger partial charge in [0.1, 0.15) is 5.82 Å². The van der Waals surface area contributed by atoms with Gasteiger partial charge in [-0.05, 0) is 25.1 Å². The number of hydrogen-bond acceptors (Lipinski definition) is 3. The predicted molar refractivity (Wildman–Crippen MR) is 60.5 cm³/mol. The summed E-state index contributed by atoms with van der Waals surface area (Å²) in [6, 6.07) is 5.45. The number of piperazine rings is 1. The summed E-state index contributed by atoms with van der Waals surface area (Å²) in [6.07, 6.45) is 0. The Bertz CT molecular complexity index is 354. The molecule has 15 heavy (non-hydrogen) atoms. The van der Waals surface area contributed by atoms with Gasteiger partial charge >= 0.3 is 0 Å². The summed E-state index contributed by atoms with van der Waals surface area (Å²) in [7, 11) is 0. The predicted octanol–water partition coefficient (Wildman–Crippen LogP) is 1.21. The first-order chi connectivity index (χ1) is 7.16. The minimum absolute atomic E-state index is 0.210. The van der Waals surface area contributed by atoms with Crippen molar-refractivity contribution in [2.24, 2.45) is 0 Å². The lowest BCUT2D eigenvalue weighted by Gasteiger charge is -2.33. The molecule has 0 saturated carbocycles. The van der Waals surface area contributed by atoms with Crippen molar-refractivity contribution in [3.63, 3.8) is 0 Å². The Morgan fingerprint density at radius 2 is 2.33 bits per heavy atom. The Morgan fingerprint density at radius 3 is 3.00 bits per heavy atom. The topological polar surface area (TPSA) is 41.3 Å². The highest BCUT2D eigenvalue weighted by atomic mass is 19.1. The molecule has 3 nitrogen and oxygen atoms in total. The third-order valence-corrected chi connectivity index (χ3v) is 2.72. The number of hydrogen-bond donors (Lipinski definition) is 2. The summed E-state index contributed by atoms with van der Waals surface area (Å²) in [5, 5.41) is 3.35. The van der Waals surface area contributed by atoms with Crippen LogP contribution in [0.2, 0.25) is 0 Å². The van der Waals surface area contributed by atoms with Crippen molar-refractivity contribution < 1.29 is 4.39 Å². The average Bonchev–Trinajstić information content (AvgIpc) is 2.22. The number of halogens is 1. The fourth-order valence-corrected chi connectivity index (χ4v) is 1.88. The van der Waals surface area contributed by atoms with Crippen LogP contribution in [0.1, 0.15) is 6.92 Å². The van der Waals surface area contributed by atoms with Gasteiger partial charge in [-0.1, -0.05) is 0 Å². The Kier molecular flexibility index (Phi) is 2.77. The molecule has 0 spiro atoms. The van der Waals surface area contributed by atoms with E-state index in [0.29, 0.717) is 6.04 Å². The number of nitrogens with one attached hydrogen (secondary N) is 1. The lowest BCUT2D eigenvalue weighted by atomic mass is 10.2. The molecule has 1 saturated heterocycles. The lowest BCUT2D eigenvalue weighted by Crippen LogP contribution is -2.49. The molecular formula is C11H16FN3. The van der Waals surface area contributed by atoms with Gasteiger partial charge in [0.2, 0.25) is 0 Å². The molecular weight excluding hydrogens is 193 g/mol. The molecule has 0 aliphatic carbocycles. The van der Waals surface area contributed by atoms with Crippen molar-refractivity contribution in [1.29, 1.82) is 0 Å². The van der Waals surface area contributed by atoms with Gasteiger partial charge in [-0.15, -0.1) is 0 Å². The van der Waals surface area contributed by atoms with Crippen LogP contribution in [-0.2, 0) is 0 Å². The van der Waals surface area contributed by atoms with Crippen molar-refractivity contribution in [3.8, 4) is 0 Å². The van der Waals surface area contributed by atoms with E-state index in [0.717, 1.165) is 25.3 Å². The fourth-order valence-electron chi connectivity index (χ4n) is 1.88. The summed E-state index contributed by atoms with van der Waals surface area (Å²) < 4.78 is 13.3. The van der Waals surface area contributed by atoms with E-state index in [1.165, 1.54) is 6.07 Å². The SMILES string of the molecule is CC1CN(c2ccc(N)c(F)c2)CCN1. The molecule has 1 fully saturated rings. The van der Waals surface area contributed by atoms with Gasteiger partial charge in [-0.3, -0.25) is 0 Å². The molecule has 1 unspecified atom stereocenters. The van der Waals surface area contributed by atoms with E-state index in [2.05, 4.69) is 17.1 Å². The second-order valence-corrected chi connectivity index (χ2v) is 4.01. The van der Waals surface area contributed by atoms with Gasteiger partial charge < -0.3 is 16.0 Å². The second kappa shape index (κ2) is 4.06. The largest absolute Gasteiger partial charge is 0.396 e. The normalized spacial score (nSPS) is 21.7. The van der Waals surface area contributed by atoms with Crippen molar-refractivity contribution in [2.45, 2.75) is 13.0 Å². The first-order valence-electron chi connectivity index (χ1n) is 5.20. The van der Waals surface area contributed by atoms with Gasteiger partial charge in [-0.25, -0.2) is 4.39 Å². The van der Waals surface area contributed by atoms with Gasteiger partial charge in [0, 0.05) is 31.4 Å². The molecule has 0 bridgehead atoms. The molecule has 1 aliphatic heterocycles. The summed E-state index contributed by atoms with van der Waals surface area (Å²) in [4.78, 5) is 2.17. The van der Waals surface area contributed by atoms with Crippen LogP contribution >= 0.6 is 0 Å². The van der Waals surface area contributed by atoms with Crippen molar-refractivity contribution in [3.05, 3.63) is 24.0 Å². The molecule has 2 rings (SSSR count). The first-order valence-corrected chi connectivity index (χ1v) is 5.20. The number of anilines is 2. The van der Waals surface area contributed by atoms with E-state index in [1.807, 2.05) is 6.07 Å². The Balaban J connectivity index is 2.18. The smallest absolute Gasteiger partial charge is 0.148 e. The number of nitrogen functional groups attached to an aromatic ring is 1. The number of rotatable bonds is 1. The molecule has 1 aromatic rings. The maximum atomic E-state index is 13.3. The summed E-state index contributed by atoms with van der Waals surface area (Å²) in [5.74, 6) is -0.335. The Morgan fingerprint density at radius 1 is 1.53 bits per heavy atom. The zero-order valence-corrected chi connectivity index (χ0v) is 8.83. The van der Waals surface area contributed by atoms with Crippen LogP contribution in [0.4, 0.5) is 15.8 Å². The van der Waals surface area contributed by atoms with Crippen molar-refractivity contribution in [2.75, 3.05) is 30.3 Å². The van der Waals surface area contributed by atoms with E-state index in [9.17, 15) is 4.39 Å². The van der Waals surface area contributed by atoms with E-state index in [4.69, 9.17) is 5.73 Å². The summed E-state index contributed by atoms with van der Waals surface area (Å²) in [5.41, 5.74) is 6.56. The first kappa shape index (κ1) is 10.2. The highest BCUT2D eigenvalue weighted by molar-refractivity contribution is 5.54. The standard InChI is InChI=1S/C11H16FN3/c1-8-7-15(5-4-14-8)9-2-3-11(13)10(12)6-9/h2-3,6,8,14H,4-5,7,13H2,1H3. The fraction of sp³-hybridized carbons (Fsp3) is 0.455. The maximum Gasteiger partial charge on any atom is 0.148 e. The molecule has 0 radical (unpaired) electrons. The minimum Gasteiger partial charge on any atom is -0.396 e. The van der Waals surface area contributed by atoms with Crippen LogP contribution < -0.4 is 16.0 Å². The van der Waals surface area contributed by atoms with Crippen LogP contribution in [-0.4, -0.2) is 25.7 Å². The average molecular weight is 209 g/mol. The molecule has 0 amide bonds. The molecule has 1 aromatic carbocycles. The molecule has 3 N–H and O–H groups in total. The van der Waals surface area contributed by atoms with Crippen molar-refractivity contribution in [1.82, 2.24) is 5.32 Å². The maximum absolute atomic E-state index is 13.3. The Labute approximate surface area is 89.1 Å². The number of nitrogens with zero attached hydrogens (tertiary/aromatic N) is 1. The van der Waals surface area contributed by atoms with E-state index in [1.54, 1.807) is 6.07 Å². The van der Waals surface area contributed by atoms with Crippen LogP contribution in [0.5, 0.6) is 0 Å². The van der Waals surface area contributed by atoms with E-state index < -0.39 is 0 Å². The van der Waals surface area contributed by atoms with E-state index >= 15 is 0 Å². The molecule has 0 aromatic heterocycles. The highest BCUT2D eigenvalue weighted by Crippen LogP contribution is 2.20. The summed E-state index contributed by atoms with van der Waals surface area (Å²) >= 11 is 0. The zero-order valence-electron chi connectivity index (χ0n) is 8.83. The monoisotopic (exact) mass is 209 g/mol. The molecule has 1 aliphatic rings. The van der Waals surface area contributed by atoms with Crippen LogP contribution in [0.15, 0.2) is 18.2 Å². The molecule has 1 heterocycles.